The van der Waals surface area contributed by atoms with Gasteiger partial charge in [0.05, 0.1) is 12.5 Å². The van der Waals surface area contributed by atoms with E-state index in [1.54, 1.807) is 18.6 Å². The minimum Gasteiger partial charge on any atom is -0.355 e. The van der Waals surface area contributed by atoms with Crippen LogP contribution in [-0.4, -0.2) is 44.3 Å². The van der Waals surface area contributed by atoms with Crippen molar-refractivity contribution >= 4 is 15.8 Å². The first kappa shape index (κ1) is 14.2. The highest BCUT2D eigenvalue weighted by Crippen LogP contribution is 2.22. The van der Waals surface area contributed by atoms with Crippen LogP contribution in [0.2, 0.25) is 0 Å². The smallest absolute Gasteiger partial charge is 0.208 e. The van der Waals surface area contributed by atoms with Gasteiger partial charge in [-0.3, -0.25) is 4.98 Å². The molecule has 0 aromatic carbocycles. The molecule has 6 nitrogen and oxygen atoms in total. The van der Waals surface area contributed by atoms with Gasteiger partial charge < -0.3 is 4.90 Å². The Kier molecular flexibility index (Phi) is 4.71. The van der Waals surface area contributed by atoms with Crippen molar-refractivity contribution in [3.8, 4) is 0 Å². The average molecular weight is 284 g/mol. The molecule has 0 saturated carbocycles. The first-order chi connectivity index (χ1) is 9.04. The molecule has 2 heterocycles. The zero-order valence-electron chi connectivity index (χ0n) is 11.1. The molecule has 1 aliphatic rings. The molecule has 0 unspecified atom stereocenters. The van der Waals surface area contributed by atoms with Gasteiger partial charge in [0.15, 0.2) is 0 Å². The Bertz CT molecular complexity index is 492. The van der Waals surface area contributed by atoms with E-state index in [0.29, 0.717) is 12.5 Å². The Morgan fingerprint density at radius 2 is 2.32 bits per heavy atom. The fraction of sp³-hybridized carbons (Fsp3) is 0.667. The molecule has 0 spiro atoms. The zero-order valence-corrected chi connectivity index (χ0v) is 11.9. The Hall–Kier alpha value is -1.21. The predicted molar refractivity (Wildman–Crippen MR) is 74.4 cm³/mol. The van der Waals surface area contributed by atoms with Crippen LogP contribution in [0, 0.1) is 5.92 Å². The van der Waals surface area contributed by atoms with Gasteiger partial charge in [-0.2, -0.15) is 0 Å². The topological polar surface area (TPSA) is 75.2 Å². The van der Waals surface area contributed by atoms with E-state index >= 15 is 0 Å². The molecule has 0 bridgehead atoms. The number of nitrogens with one attached hydrogen (secondary N) is 1. The molecule has 19 heavy (non-hydrogen) atoms. The van der Waals surface area contributed by atoms with Gasteiger partial charge in [-0.25, -0.2) is 18.1 Å². The third kappa shape index (κ3) is 4.76. The summed E-state index contributed by atoms with van der Waals surface area (Å²) < 4.78 is 24.6. The van der Waals surface area contributed by atoms with Crippen LogP contribution in [0.25, 0.3) is 0 Å². The monoisotopic (exact) mass is 284 g/mol. The largest absolute Gasteiger partial charge is 0.355 e. The van der Waals surface area contributed by atoms with Crippen molar-refractivity contribution in [3.63, 3.8) is 0 Å². The number of hydrogen-bond donors (Lipinski definition) is 1. The third-order valence-corrected chi connectivity index (χ3v) is 4.04. The van der Waals surface area contributed by atoms with Crippen LogP contribution in [-0.2, 0) is 10.0 Å². The normalized spacial score (nSPS) is 20.5. The molecule has 7 heteroatoms. The molecule has 1 aromatic rings. The maximum absolute atomic E-state index is 11.0. The number of piperidine rings is 1. The fourth-order valence-electron chi connectivity index (χ4n) is 2.41. The van der Waals surface area contributed by atoms with Crippen molar-refractivity contribution in [2.75, 3.05) is 30.8 Å². The molecule has 1 aromatic heterocycles. The fourth-order valence-corrected chi connectivity index (χ4v) is 2.90. The first-order valence-corrected chi connectivity index (χ1v) is 8.39. The first-order valence-electron chi connectivity index (χ1n) is 6.50. The van der Waals surface area contributed by atoms with Crippen molar-refractivity contribution in [1.29, 1.82) is 0 Å². The summed E-state index contributed by atoms with van der Waals surface area (Å²) in [5.41, 5.74) is 0. The molecular weight excluding hydrogens is 264 g/mol. The lowest BCUT2D eigenvalue weighted by Gasteiger charge is -2.33. The number of nitrogens with zero attached hydrogens (tertiary/aromatic N) is 3. The van der Waals surface area contributed by atoms with Gasteiger partial charge in [0, 0.05) is 32.0 Å². The molecule has 1 N–H and O–H groups in total. The van der Waals surface area contributed by atoms with Gasteiger partial charge in [-0.15, -0.1) is 0 Å². The summed E-state index contributed by atoms with van der Waals surface area (Å²) in [4.78, 5) is 10.6. The highest BCUT2D eigenvalue weighted by molar-refractivity contribution is 7.88. The maximum Gasteiger partial charge on any atom is 0.208 e. The minimum absolute atomic E-state index is 0.505. The molecular formula is C12H20N4O2S. The van der Waals surface area contributed by atoms with Gasteiger partial charge in [0.1, 0.15) is 5.82 Å². The van der Waals surface area contributed by atoms with E-state index in [1.165, 1.54) is 6.26 Å². The lowest BCUT2D eigenvalue weighted by Crippen LogP contribution is -2.37. The second kappa shape index (κ2) is 6.29. The molecule has 2 rings (SSSR count). The molecule has 0 radical (unpaired) electrons. The van der Waals surface area contributed by atoms with E-state index in [4.69, 9.17) is 0 Å². The summed E-state index contributed by atoms with van der Waals surface area (Å²) in [6.45, 7) is 2.43. The van der Waals surface area contributed by atoms with E-state index in [-0.39, 0.29) is 0 Å². The molecule has 1 atom stereocenters. The Morgan fingerprint density at radius 1 is 1.47 bits per heavy atom. The zero-order chi connectivity index (χ0) is 13.7. The lowest BCUT2D eigenvalue weighted by molar-refractivity contribution is 0.389. The average Bonchev–Trinajstić information content (AvgIpc) is 2.39. The summed E-state index contributed by atoms with van der Waals surface area (Å²) in [6, 6.07) is 0. The standard InChI is InChI=1S/C12H20N4O2S/c1-19(17,18)15-5-4-11-3-2-8-16(10-11)12-9-13-6-7-14-12/h6-7,9,11,15H,2-5,8,10H2,1H3/t11-/m0/s1. The van der Waals surface area contributed by atoms with E-state index in [2.05, 4.69) is 19.6 Å². The van der Waals surface area contributed by atoms with Crippen molar-refractivity contribution in [2.24, 2.45) is 5.92 Å². The van der Waals surface area contributed by atoms with Gasteiger partial charge in [-0.05, 0) is 25.2 Å². The van der Waals surface area contributed by atoms with Crippen LogP contribution in [0.1, 0.15) is 19.3 Å². The second-order valence-electron chi connectivity index (χ2n) is 4.97. The number of hydrogen-bond acceptors (Lipinski definition) is 5. The van der Waals surface area contributed by atoms with Crippen molar-refractivity contribution in [2.45, 2.75) is 19.3 Å². The Labute approximate surface area is 114 Å². The highest BCUT2D eigenvalue weighted by atomic mass is 32.2. The van der Waals surface area contributed by atoms with Crippen LogP contribution in [0.3, 0.4) is 0 Å². The van der Waals surface area contributed by atoms with E-state index in [9.17, 15) is 8.42 Å². The second-order valence-corrected chi connectivity index (χ2v) is 6.81. The van der Waals surface area contributed by atoms with Gasteiger partial charge in [-0.1, -0.05) is 0 Å². The molecule has 0 aliphatic carbocycles. The summed E-state index contributed by atoms with van der Waals surface area (Å²) in [6.07, 6.45) is 9.45. The van der Waals surface area contributed by atoms with Crippen LogP contribution in [0.5, 0.6) is 0 Å². The molecule has 106 valence electrons. The highest BCUT2D eigenvalue weighted by Gasteiger charge is 2.20. The summed E-state index contributed by atoms with van der Waals surface area (Å²) in [5, 5.41) is 0. The van der Waals surface area contributed by atoms with E-state index in [0.717, 1.165) is 38.2 Å². The number of aromatic nitrogens is 2. The number of anilines is 1. The third-order valence-electron chi connectivity index (χ3n) is 3.31. The van der Waals surface area contributed by atoms with Gasteiger partial charge in [0.25, 0.3) is 0 Å². The van der Waals surface area contributed by atoms with Crippen LogP contribution < -0.4 is 9.62 Å². The SMILES string of the molecule is CS(=O)(=O)NCC[C@@H]1CCCN(c2cnccn2)C1. The number of rotatable bonds is 5. The number of sulfonamides is 1. The van der Waals surface area contributed by atoms with E-state index in [1.807, 2.05) is 0 Å². The summed E-state index contributed by atoms with van der Waals surface area (Å²) >= 11 is 0. The molecule has 1 saturated heterocycles. The molecule has 1 fully saturated rings. The molecule has 1 aliphatic heterocycles. The Morgan fingerprint density at radius 3 is 3.00 bits per heavy atom. The Balaban J connectivity index is 1.84. The quantitative estimate of drug-likeness (QED) is 0.858. The minimum atomic E-state index is -3.08. The van der Waals surface area contributed by atoms with Crippen LogP contribution >= 0.6 is 0 Å². The van der Waals surface area contributed by atoms with Gasteiger partial charge >= 0.3 is 0 Å². The van der Waals surface area contributed by atoms with E-state index < -0.39 is 10.0 Å². The van der Waals surface area contributed by atoms with Crippen LogP contribution in [0.15, 0.2) is 18.6 Å². The molecule has 0 amide bonds. The van der Waals surface area contributed by atoms with Crippen LogP contribution in [0.4, 0.5) is 5.82 Å². The van der Waals surface area contributed by atoms with Gasteiger partial charge in [0.2, 0.25) is 10.0 Å². The lowest BCUT2D eigenvalue weighted by atomic mass is 9.95. The summed E-state index contributed by atoms with van der Waals surface area (Å²) in [7, 11) is -3.08. The van der Waals surface area contributed by atoms with Crippen molar-refractivity contribution in [1.82, 2.24) is 14.7 Å². The van der Waals surface area contributed by atoms with Crippen molar-refractivity contribution < 1.29 is 8.42 Å². The predicted octanol–water partition coefficient (Wildman–Crippen LogP) is 0.632. The summed E-state index contributed by atoms with van der Waals surface area (Å²) in [5.74, 6) is 1.41. The van der Waals surface area contributed by atoms with Crippen molar-refractivity contribution in [3.05, 3.63) is 18.6 Å². The maximum atomic E-state index is 11.0.